The number of likely N-dealkylation sites (N-methyl/N-ethyl adjacent to an activating group) is 1. The molecule has 1 amide bonds. The van der Waals surface area contributed by atoms with Crippen molar-refractivity contribution in [2.75, 3.05) is 57.8 Å². The Kier molecular flexibility index (Phi) is 9.72. The minimum atomic E-state index is 0. The summed E-state index contributed by atoms with van der Waals surface area (Å²) in [6.07, 6.45) is 1.72. The van der Waals surface area contributed by atoms with Crippen molar-refractivity contribution in [3.05, 3.63) is 29.8 Å². The Balaban J connectivity index is 0.00000169. The van der Waals surface area contributed by atoms with Crippen LogP contribution >= 0.6 is 24.8 Å². The fourth-order valence-electron chi connectivity index (χ4n) is 3.66. The van der Waals surface area contributed by atoms with E-state index >= 15 is 0 Å². The molecule has 148 valence electrons. The SMILES string of the molecule is Cc1cccc(N2CCN(CCC(=O)N(C)C3CCNC3)CC2)c1.Cl.Cl. The van der Waals surface area contributed by atoms with Gasteiger partial charge in [0.15, 0.2) is 0 Å². The van der Waals surface area contributed by atoms with E-state index in [-0.39, 0.29) is 30.7 Å². The van der Waals surface area contributed by atoms with E-state index in [1.165, 1.54) is 11.3 Å². The highest BCUT2D eigenvalue weighted by atomic mass is 35.5. The number of halogens is 2. The van der Waals surface area contributed by atoms with E-state index in [2.05, 4.69) is 46.3 Å². The summed E-state index contributed by atoms with van der Waals surface area (Å²) in [7, 11) is 1.95. The molecule has 2 fully saturated rings. The molecule has 0 spiro atoms. The lowest BCUT2D eigenvalue weighted by Crippen LogP contribution is -2.47. The molecule has 5 nitrogen and oxygen atoms in total. The van der Waals surface area contributed by atoms with E-state index in [1.54, 1.807) is 0 Å². The molecule has 1 unspecified atom stereocenters. The maximum Gasteiger partial charge on any atom is 0.223 e. The number of benzene rings is 1. The monoisotopic (exact) mass is 402 g/mol. The van der Waals surface area contributed by atoms with E-state index in [0.29, 0.717) is 12.5 Å². The van der Waals surface area contributed by atoms with Gasteiger partial charge in [-0.2, -0.15) is 0 Å². The number of carbonyl (C=O) groups is 1. The Morgan fingerprint density at radius 2 is 1.96 bits per heavy atom. The van der Waals surface area contributed by atoms with E-state index < -0.39 is 0 Å². The number of aryl methyl sites for hydroxylation is 1. The highest BCUT2D eigenvalue weighted by Crippen LogP contribution is 2.18. The van der Waals surface area contributed by atoms with Gasteiger partial charge in [0.2, 0.25) is 5.91 Å². The van der Waals surface area contributed by atoms with Crippen LogP contribution < -0.4 is 10.2 Å². The second kappa shape index (κ2) is 11.0. The molecular formula is C19H32Cl2N4O. The second-order valence-electron chi connectivity index (χ2n) is 7.07. The van der Waals surface area contributed by atoms with E-state index in [4.69, 9.17) is 0 Å². The summed E-state index contributed by atoms with van der Waals surface area (Å²) >= 11 is 0. The van der Waals surface area contributed by atoms with Crippen molar-refractivity contribution in [1.29, 1.82) is 0 Å². The summed E-state index contributed by atoms with van der Waals surface area (Å²) in [6, 6.07) is 9.10. The highest BCUT2D eigenvalue weighted by molar-refractivity contribution is 5.85. The largest absolute Gasteiger partial charge is 0.369 e. The molecule has 26 heavy (non-hydrogen) atoms. The van der Waals surface area contributed by atoms with Crippen molar-refractivity contribution in [2.45, 2.75) is 25.8 Å². The molecule has 3 rings (SSSR count). The number of nitrogens with one attached hydrogen (secondary N) is 1. The summed E-state index contributed by atoms with van der Waals surface area (Å²) in [4.78, 5) is 19.2. The van der Waals surface area contributed by atoms with Crippen LogP contribution in [0.1, 0.15) is 18.4 Å². The van der Waals surface area contributed by atoms with Crippen LogP contribution in [0.2, 0.25) is 0 Å². The number of hydrogen-bond donors (Lipinski definition) is 1. The van der Waals surface area contributed by atoms with Gasteiger partial charge in [0.05, 0.1) is 0 Å². The zero-order valence-electron chi connectivity index (χ0n) is 15.8. The topological polar surface area (TPSA) is 38.8 Å². The average Bonchev–Trinajstić information content (AvgIpc) is 3.14. The Hall–Kier alpha value is -1.01. The average molecular weight is 403 g/mol. The second-order valence-corrected chi connectivity index (χ2v) is 7.07. The number of piperazine rings is 1. The molecular weight excluding hydrogens is 371 g/mol. The third kappa shape index (κ3) is 6.02. The molecule has 0 aliphatic carbocycles. The third-order valence-corrected chi connectivity index (χ3v) is 5.36. The highest BCUT2D eigenvalue weighted by Gasteiger charge is 2.24. The number of amides is 1. The van der Waals surface area contributed by atoms with Crippen LogP contribution in [-0.2, 0) is 4.79 Å². The first-order valence-corrected chi connectivity index (χ1v) is 9.14. The van der Waals surface area contributed by atoms with Crippen LogP contribution in [0.3, 0.4) is 0 Å². The van der Waals surface area contributed by atoms with Crippen molar-refractivity contribution in [2.24, 2.45) is 0 Å². The van der Waals surface area contributed by atoms with Gasteiger partial charge in [0.1, 0.15) is 0 Å². The molecule has 0 bridgehead atoms. The molecule has 0 radical (unpaired) electrons. The van der Waals surface area contributed by atoms with Gasteiger partial charge in [0.25, 0.3) is 0 Å². The fraction of sp³-hybridized carbons (Fsp3) is 0.632. The predicted octanol–water partition coefficient (Wildman–Crippen LogP) is 2.17. The Bertz CT molecular complexity index is 558. The van der Waals surface area contributed by atoms with Gasteiger partial charge in [-0.25, -0.2) is 0 Å². The third-order valence-electron chi connectivity index (χ3n) is 5.36. The molecule has 0 saturated carbocycles. The molecule has 1 atom stereocenters. The Morgan fingerprint density at radius 3 is 2.58 bits per heavy atom. The number of nitrogens with zero attached hydrogens (tertiary/aromatic N) is 3. The molecule has 2 aliphatic heterocycles. The summed E-state index contributed by atoms with van der Waals surface area (Å²) in [5.41, 5.74) is 2.63. The molecule has 0 aromatic heterocycles. The zero-order valence-corrected chi connectivity index (χ0v) is 17.5. The molecule has 7 heteroatoms. The van der Waals surface area contributed by atoms with Gasteiger partial charge in [-0.3, -0.25) is 9.69 Å². The van der Waals surface area contributed by atoms with E-state index in [9.17, 15) is 4.79 Å². The van der Waals surface area contributed by atoms with Gasteiger partial charge in [-0.15, -0.1) is 24.8 Å². The normalized spacial score (nSPS) is 20.2. The number of anilines is 1. The minimum absolute atomic E-state index is 0. The van der Waals surface area contributed by atoms with E-state index in [0.717, 1.165) is 52.2 Å². The molecule has 1 aromatic carbocycles. The number of carbonyl (C=O) groups excluding carboxylic acids is 1. The smallest absolute Gasteiger partial charge is 0.223 e. The van der Waals surface area contributed by atoms with Crippen LogP contribution in [0.15, 0.2) is 24.3 Å². The number of hydrogen-bond acceptors (Lipinski definition) is 4. The molecule has 2 heterocycles. The van der Waals surface area contributed by atoms with Crippen molar-refractivity contribution >= 4 is 36.4 Å². The predicted molar refractivity (Wildman–Crippen MR) is 113 cm³/mol. The molecule has 2 aliphatic rings. The van der Waals surface area contributed by atoms with Crippen LogP contribution in [0, 0.1) is 6.92 Å². The quantitative estimate of drug-likeness (QED) is 0.818. The Labute approximate surface area is 169 Å². The molecule has 1 aromatic rings. The van der Waals surface area contributed by atoms with Crippen molar-refractivity contribution in [3.8, 4) is 0 Å². The van der Waals surface area contributed by atoms with Crippen molar-refractivity contribution < 1.29 is 4.79 Å². The van der Waals surface area contributed by atoms with Crippen LogP contribution in [0.25, 0.3) is 0 Å². The van der Waals surface area contributed by atoms with Crippen molar-refractivity contribution in [1.82, 2.24) is 15.1 Å². The van der Waals surface area contributed by atoms with E-state index in [1.807, 2.05) is 11.9 Å². The van der Waals surface area contributed by atoms with Crippen LogP contribution in [-0.4, -0.2) is 74.6 Å². The zero-order chi connectivity index (χ0) is 16.9. The van der Waals surface area contributed by atoms with Gasteiger partial charge in [0, 0.05) is 64.5 Å². The first kappa shape index (κ1) is 23.0. The van der Waals surface area contributed by atoms with Crippen LogP contribution in [0.5, 0.6) is 0 Å². The summed E-state index contributed by atoms with van der Waals surface area (Å²) in [6.45, 7) is 9.15. The summed E-state index contributed by atoms with van der Waals surface area (Å²) in [5.74, 6) is 0.282. The summed E-state index contributed by atoms with van der Waals surface area (Å²) in [5, 5.41) is 3.33. The maximum absolute atomic E-state index is 12.4. The minimum Gasteiger partial charge on any atom is -0.369 e. The molecule has 1 N–H and O–H groups in total. The van der Waals surface area contributed by atoms with Gasteiger partial charge < -0.3 is 15.1 Å². The van der Waals surface area contributed by atoms with Crippen LogP contribution in [0.4, 0.5) is 5.69 Å². The van der Waals surface area contributed by atoms with Crippen molar-refractivity contribution in [3.63, 3.8) is 0 Å². The lowest BCUT2D eigenvalue weighted by atomic mass is 10.2. The first-order chi connectivity index (χ1) is 11.6. The Morgan fingerprint density at radius 1 is 1.23 bits per heavy atom. The lowest BCUT2D eigenvalue weighted by molar-refractivity contribution is -0.132. The lowest BCUT2D eigenvalue weighted by Gasteiger charge is -2.36. The summed E-state index contributed by atoms with van der Waals surface area (Å²) < 4.78 is 0. The number of rotatable bonds is 5. The maximum atomic E-state index is 12.4. The fourth-order valence-corrected chi connectivity index (χ4v) is 3.66. The first-order valence-electron chi connectivity index (χ1n) is 9.14. The van der Waals surface area contributed by atoms with Gasteiger partial charge >= 0.3 is 0 Å². The van der Waals surface area contributed by atoms with Gasteiger partial charge in [-0.1, -0.05) is 12.1 Å². The standard InChI is InChI=1S/C19H30N4O.2ClH/c1-16-4-3-5-17(14-16)23-12-10-22(11-13-23)9-7-19(24)21(2)18-6-8-20-15-18;;/h3-5,14,18,20H,6-13,15H2,1-2H3;2*1H. The van der Waals surface area contributed by atoms with Gasteiger partial charge in [-0.05, 0) is 37.6 Å². The molecule has 2 saturated heterocycles.